The number of unbranched alkanes of at least 4 members (excludes halogenated alkanes) is 33. The van der Waals surface area contributed by atoms with Gasteiger partial charge in [0, 0.05) is 19.3 Å². The van der Waals surface area contributed by atoms with Gasteiger partial charge in [0.25, 0.3) is 0 Å². The molecule has 0 aliphatic carbocycles. The zero-order valence-electron chi connectivity index (χ0n) is 41.8. The minimum absolute atomic E-state index is 0.0643. The first-order valence-corrected chi connectivity index (χ1v) is 27.3. The third-order valence-electron chi connectivity index (χ3n) is 12.8. The molecule has 0 amide bonds. The van der Waals surface area contributed by atoms with Gasteiger partial charge in [-0.05, 0) is 31.1 Å². The minimum Gasteiger partial charge on any atom is -0.462 e. The topological polar surface area (TPSA) is 78.9 Å². The van der Waals surface area contributed by atoms with Crippen LogP contribution in [0.3, 0.4) is 0 Å². The molecule has 0 heterocycles. The fraction of sp³-hybridized carbons (Fsp3) is 0.945. The lowest BCUT2D eigenvalue weighted by molar-refractivity contribution is -0.167. The molecule has 362 valence electrons. The number of hydrogen-bond donors (Lipinski definition) is 0. The van der Waals surface area contributed by atoms with Gasteiger partial charge in [-0.2, -0.15) is 0 Å². The Bertz CT molecular complexity index is 933. The van der Waals surface area contributed by atoms with Crippen LogP contribution in [0.15, 0.2) is 0 Å². The van der Waals surface area contributed by atoms with E-state index in [4.69, 9.17) is 14.2 Å². The third-order valence-corrected chi connectivity index (χ3v) is 12.8. The molecule has 0 rings (SSSR count). The van der Waals surface area contributed by atoms with Gasteiger partial charge in [0.2, 0.25) is 0 Å². The molecule has 2 atom stereocenters. The molecule has 6 nitrogen and oxygen atoms in total. The fourth-order valence-electron chi connectivity index (χ4n) is 8.31. The van der Waals surface area contributed by atoms with E-state index >= 15 is 0 Å². The highest BCUT2D eigenvalue weighted by Crippen LogP contribution is 2.18. The standard InChI is InChI=1S/C55H106O6/c1-6-8-9-10-11-12-13-14-15-16-17-18-19-20-21-26-31-37-42-47-55(58)61-52(49-60-54(57)46-41-36-32-27-28-33-38-43-50(3)4)48-59-53(56)45-40-35-30-25-23-22-24-29-34-39-44-51(5)7-2/h50-52H,6-49H2,1-5H3/t51?,52-/m1/s1. The smallest absolute Gasteiger partial charge is 0.306 e. The molecule has 61 heavy (non-hydrogen) atoms. The number of carbonyl (C=O) groups is 3. The average Bonchev–Trinajstić information content (AvgIpc) is 3.24. The Balaban J connectivity index is 4.26. The van der Waals surface area contributed by atoms with E-state index in [0.29, 0.717) is 19.3 Å². The van der Waals surface area contributed by atoms with Crippen LogP contribution in [0.4, 0.5) is 0 Å². The summed E-state index contributed by atoms with van der Waals surface area (Å²) >= 11 is 0. The lowest BCUT2D eigenvalue weighted by atomic mass is 9.99. The molecule has 0 aliphatic rings. The zero-order valence-corrected chi connectivity index (χ0v) is 41.8. The fourth-order valence-corrected chi connectivity index (χ4v) is 8.31. The summed E-state index contributed by atoms with van der Waals surface area (Å²) in [7, 11) is 0. The Kier molecular flexibility index (Phi) is 46.6. The molecule has 0 bridgehead atoms. The second-order valence-corrected chi connectivity index (χ2v) is 19.6. The number of ether oxygens (including phenoxy) is 3. The first kappa shape index (κ1) is 59.4. The van der Waals surface area contributed by atoms with Crippen molar-refractivity contribution >= 4 is 17.9 Å². The first-order valence-electron chi connectivity index (χ1n) is 27.3. The summed E-state index contributed by atoms with van der Waals surface area (Å²) < 4.78 is 16.8. The number of rotatable bonds is 49. The Morgan fingerprint density at radius 3 is 0.934 bits per heavy atom. The summed E-state index contributed by atoms with van der Waals surface area (Å²) in [6.45, 7) is 11.4. The first-order chi connectivity index (χ1) is 29.8. The lowest BCUT2D eigenvalue weighted by Crippen LogP contribution is -2.30. The normalized spacial score (nSPS) is 12.5. The van der Waals surface area contributed by atoms with Gasteiger partial charge in [-0.25, -0.2) is 0 Å². The quantitative estimate of drug-likeness (QED) is 0.0344. The van der Waals surface area contributed by atoms with E-state index in [0.717, 1.165) is 69.6 Å². The van der Waals surface area contributed by atoms with Gasteiger partial charge >= 0.3 is 17.9 Å². The average molecular weight is 863 g/mol. The van der Waals surface area contributed by atoms with Gasteiger partial charge in [0.1, 0.15) is 13.2 Å². The van der Waals surface area contributed by atoms with Gasteiger partial charge in [-0.15, -0.1) is 0 Å². The minimum atomic E-state index is -0.762. The van der Waals surface area contributed by atoms with Gasteiger partial charge in [-0.1, -0.05) is 266 Å². The van der Waals surface area contributed by atoms with Crippen molar-refractivity contribution in [3.63, 3.8) is 0 Å². The highest BCUT2D eigenvalue weighted by Gasteiger charge is 2.19. The molecule has 0 radical (unpaired) electrons. The van der Waals surface area contributed by atoms with Crippen LogP contribution in [0.25, 0.3) is 0 Å². The summed E-state index contributed by atoms with van der Waals surface area (Å²) in [6, 6.07) is 0. The molecular weight excluding hydrogens is 757 g/mol. The summed E-state index contributed by atoms with van der Waals surface area (Å²) in [6.07, 6.45) is 49.5. The maximum Gasteiger partial charge on any atom is 0.306 e. The molecule has 0 N–H and O–H groups in total. The summed E-state index contributed by atoms with van der Waals surface area (Å²) in [5, 5.41) is 0. The maximum absolute atomic E-state index is 12.8. The van der Waals surface area contributed by atoms with Crippen molar-refractivity contribution in [3.05, 3.63) is 0 Å². The van der Waals surface area contributed by atoms with Crippen LogP contribution >= 0.6 is 0 Å². The van der Waals surface area contributed by atoms with Crippen molar-refractivity contribution < 1.29 is 28.6 Å². The summed E-state index contributed by atoms with van der Waals surface area (Å²) in [5.41, 5.74) is 0. The summed E-state index contributed by atoms with van der Waals surface area (Å²) in [4.78, 5) is 38.0. The monoisotopic (exact) mass is 863 g/mol. The van der Waals surface area contributed by atoms with E-state index in [2.05, 4.69) is 34.6 Å². The number of carbonyl (C=O) groups excluding carboxylic acids is 3. The molecular formula is C55H106O6. The van der Waals surface area contributed by atoms with Crippen LogP contribution in [0, 0.1) is 11.8 Å². The van der Waals surface area contributed by atoms with E-state index in [9.17, 15) is 14.4 Å². The molecule has 0 aromatic carbocycles. The van der Waals surface area contributed by atoms with Crippen molar-refractivity contribution in [1.29, 1.82) is 0 Å². The van der Waals surface area contributed by atoms with Gasteiger partial charge in [0.05, 0.1) is 0 Å². The highest BCUT2D eigenvalue weighted by atomic mass is 16.6. The summed E-state index contributed by atoms with van der Waals surface area (Å²) in [5.74, 6) is 0.802. The molecule has 0 spiro atoms. The van der Waals surface area contributed by atoms with Crippen molar-refractivity contribution in [2.24, 2.45) is 11.8 Å². The maximum atomic E-state index is 12.8. The molecule has 6 heteroatoms. The van der Waals surface area contributed by atoms with E-state index in [1.54, 1.807) is 0 Å². The second kappa shape index (κ2) is 47.9. The Hall–Kier alpha value is -1.59. The SMILES string of the molecule is CCCCCCCCCCCCCCCCCCCCCC(=O)O[C@H](COC(=O)CCCCCCCCCCCCC(C)CC)COC(=O)CCCCCCCCCC(C)C. The van der Waals surface area contributed by atoms with Crippen LogP contribution in [0.1, 0.15) is 304 Å². The van der Waals surface area contributed by atoms with Crippen molar-refractivity contribution in [1.82, 2.24) is 0 Å². The van der Waals surface area contributed by atoms with E-state index in [1.807, 2.05) is 0 Å². The molecule has 0 saturated carbocycles. The van der Waals surface area contributed by atoms with Crippen LogP contribution in [-0.4, -0.2) is 37.2 Å². The molecule has 0 aromatic heterocycles. The number of esters is 3. The van der Waals surface area contributed by atoms with Gasteiger partial charge in [0.15, 0.2) is 6.10 Å². The van der Waals surface area contributed by atoms with E-state index in [1.165, 1.54) is 193 Å². The lowest BCUT2D eigenvalue weighted by Gasteiger charge is -2.18. The van der Waals surface area contributed by atoms with Crippen molar-refractivity contribution in [2.75, 3.05) is 13.2 Å². The Morgan fingerprint density at radius 2 is 0.623 bits per heavy atom. The molecule has 0 aromatic rings. The van der Waals surface area contributed by atoms with Crippen LogP contribution in [0.2, 0.25) is 0 Å². The zero-order chi connectivity index (χ0) is 44.7. The third kappa shape index (κ3) is 47.7. The van der Waals surface area contributed by atoms with Crippen LogP contribution < -0.4 is 0 Å². The van der Waals surface area contributed by atoms with Crippen LogP contribution in [-0.2, 0) is 28.6 Å². The number of hydrogen-bond acceptors (Lipinski definition) is 6. The Labute approximate surface area is 380 Å². The van der Waals surface area contributed by atoms with E-state index < -0.39 is 6.10 Å². The molecule has 1 unspecified atom stereocenters. The van der Waals surface area contributed by atoms with Crippen molar-refractivity contribution in [3.8, 4) is 0 Å². The van der Waals surface area contributed by atoms with Gasteiger partial charge < -0.3 is 14.2 Å². The Morgan fingerprint density at radius 1 is 0.344 bits per heavy atom. The second-order valence-electron chi connectivity index (χ2n) is 19.6. The predicted octanol–water partition coefficient (Wildman–Crippen LogP) is 17.7. The highest BCUT2D eigenvalue weighted by molar-refractivity contribution is 5.71. The predicted molar refractivity (Wildman–Crippen MR) is 261 cm³/mol. The van der Waals surface area contributed by atoms with E-state index in [-0.39, 0.29) is 31.1 Å². The molecule has 0 saturated heterocycles. The molecule has 0 aliphatic heterocycles. The largest absolute Gasteiger partial charge is 0.462 e. The van der Waals surface area contributed by atoms with Gasteiger partial charge in [-0.3, -0.25) is 14.4 Å². The van der Waals surface area contributed by atoms with Crippen LogP contribution in [0.5, 0.6) is 0 Å². The molecule has 0 fully saturated rings. The van der Waals surface area contributed by atoms with Crippen molar-refractivity contribution in [2.45, 2.75) is 310 Å².